The van der Waals surface area contributed by atoms with Crippen LogP contribution >= 0.6 is 0 Å². The largest absolute Gasteiger partial charge is 0.469 e. The molecule has 1 heterocycles. The zero-order chi connectivity index (χ0) is 10.7. The summed E-state index contributed by atoms with van der Waals surface area (Å²) in [5, 5.41) is 0. The fourth-order valence-corrected chi connectivity index (χ4v) is 1.87. The molecule has 0 amide bonds. The van der Waals surface area contributed by atoms with Gasteiger partial charge in [-0.05, 0) is 26.8 Å². The number of nitrogens with zero attached hydrogens (tertiary/aromatic N) is 1. The van der Waals surface area contributed by atoms with Gasteiger partial charge in [-0.3, -0.25) is 9.69 Å². The van der Waals surface area contributed by atoms with Crippen molar-refractivity contribution in [3.05, 3.63) is 0 Å². The third-order valence-corrected chi connectivity index (χ3v) is 2.93. The number of piperidine rings is 1. The van der Waals surface area contributed by atoms with Gasteiger partial charge in [-0.2, -0.15) is 0 Å². The number of methoxy groups -OCH3 is 1. The number of nitrogens with two attached hydrogens (primary N) is 1. The van der Waals surface area contributed by atoms with Gasteiger partial charge in [-0.25, -0.2) is 0 Å². The molecule has 0 spiro atoms. The molecule has 2 N–H and O–H groups in total. The molecule has 1 fully saturated rings. The maximum Gasteiger partial charge on any atom is 0.311 e. The first-order valence-electron chi connectivity index (χ1n) is 5.13. The van der Waals surface area contributed by atoms with Crippen molar-refractivity contribution in [3.8, 4) is 0 Å². The van der Waals surface area contributed by atoms with Crippen LogP contribution in [0, 0.1) is 5.92 Å². The quantitative estimate of drug-likeness (QED) is 0.648. The number of hydrogen-bond acceptors (Lipinski definition) is 4. The lowest BCUT2D eigenvalue weighted by Crippen LogP contribution is -2.52. The molecular formula is C10H20N2O2. The zero-order valence-electron chi connectivity index (χ0n) is 9.19. The first-order valence-corrected chi connectivity index (χ1v) is 5.13. The fraction of sp³-hybridized carbons (Fsp3) is 0.900. The van der Waals surface area contributed by atoms with Crippen molar-refractivity contribution in [1.82, 2.24) is 4.90 Å². The van der Waals surface area contributed by atoms with Crippen LogP contribution in [0.25, 0.3) is 0 Å². The summed E-state index contributed by atoms with van der Waals surface area (Å²) >= 11 is 0. The zero-order valence-corrected chi connectivity index (χ0v) is 9.19. The van der Waals surface area contributed by atoms with E-state index in [9.17, 15) is 4.79 Å². The van der Waals surface area contributed by atoms with Gasteiger partial charge in [0.15, 0.2) is 0 Å². The summed E-state index contributed by atoms with van der Waals surface area (Å²) in [5.41, 5.74) is 5.89. The van der Waals surface area contributed by atoms with E-state index in [4.69, 9.17) is 10.5 Å². The molecule has 1 saturated heterocycles. The summed E-state index contributed by atoms with van der Waals surface area (Å²) in [6, 6.07) is 0.423. The van der Waals surface area contributed by atoms with Crippen LogP contribution in [-0.4, -0.2) is 43.2 Å². The molecule has 0 bridgehead atoms. The average molecular weight is 200 g/mol. The highest BCUT2D eigenvalue weighted by molar-refractivity contribution is 5.73. The smallest absolute Gasteiger partial charge is 0.311 e. The van der Waals surface area contributed by atoms with E-state index in [1.165, 1.54) is 7.11 Å². The Morgan fingerprint density at radius 1 is 1.57 bits per heavy atom. The average Bonchev–Trinajstić information content (AvgIpc) is 2.17. The molecule has 82 valence electrons. The summed E-state index contributed by atoms with van der Waals surface area (Å²) in [6.07, 6.45) is 0.873. The number of likely N-dealkylation sites (tertiary alicyclic amines) is 1. The molecule has 14 heavy (non-hydrogen) atoms. The Kier molecular flexibility index (Phi) is 3.89. The number of rotatable bonds is 2. The van der Waals surface area contributed by atoms with Crippen molar-refractivity contribution < 1.29 is 9.53 Å². The predicted molar refractivity (Wildman–Crippen MR) is 54.8 cm³/mol. The van der Waals surface area contributed by atoms with E-state index in [0.29, 0.717) is 6.04 Å². The molecule has 4 heteroatoms. The number of esters is 1. The maximum atomic E-state index is 11.4. The van der Waals surface area contributed by atoms with Crippen molar-refractivity contribution in [3.63, 3.8) is 0 Å². The number of carbonyl (C=O) groups is 1. The molecule has 2 atom stereocenters. The highest BCUT2D eigenvalue weighted by atomic mass is 16.5. The number of ether oxygens (including phenoxy) is 1. The van der Waals surface area contributed by atoms with Crippen molar-refractivity contribution >= 4 is 5.97 Å². The molecule has 0 aliphatic carbocycles. The van der Waals surface area contributed by atoms with Gasteiger partial charge in [0, 0.05) is 18.6 Å². The highest BCUT2D eigenvalue weighted by Gasteiger charge is 2.33. The van der Waals surface area contributed by atoms with Crippen LogP contribution in [0.3, 0.4) is 0 Å². The fourth-order valence-electron chi connectivity index (χ4n) is 1.87. The number of hydrogen-bond donors (Lipinski definition) is 1. The van der Waals surface area contributed by atoms with Crippen molar-refractivity contribution in [2.45, 2.75) is 32.4 Å². The van der Waals surface area contributed by atoms with Gasteiger partial charge in [0.05, 0.1) is 13.0 Å². The van der Waals surface area contributed by atoms with Crippen LogP contribution < -0.4 is 5.73 Å². The van der Waals surface area contributed by atoms with Gasteiger partial charge in [0.1, 0.15) is 0 Å². The Bertz CT molecular complexity index is 206. The van der Waals surface area contributed by atoms with Crippen LogP contribution in [0.2, 0.25) is 0 Å². The second-order valence-corrected chi connectivity index (χ2v) is 4.17. The van der Waals surface area contributed by atoms with E-state index in [-0.39, 0.29) is 17.9 Å². The molecule has 1 rings (SSSR count). The van der Waals surface area contributed by atoms with Crippen LogP contribution in [0.5, 0.6) is 0 Å². The third-order valence-electron chi connectivity index (χ3n) is 2.93. The predicted octanol–water partition coefficient (Wildman–Crippen LogP) is 0.217. The van der Waals surface area contributed by atoms with Gasteiger partial charge in [-0.15, -0.1) is 0 Å². The van der Waals surface area contributed by atoms with E-state index in [1.807, 2.05) is 0 Å². The lowest BCUT2D eigenvalue weighted by molar-refractivity contribution is -0.148. The van der Waals surface area contributed by atoms with Crippen molar-refractivity contribution in [1.29, 1.82) is 0 Å². The second-order valence-electron chi connectivity index (χ2n) is 4.17. The molecule has 0 aromatic rings. The highest BCUT2D eigenvalue weighted by Crippen LogP contribution is 2.18. The minimum Gasteiger partial charge on any atom is -0.469 e. The lowest BCUT2D eigenvalue weighted by Gasteiger charge is -2.37. The van der Waals surface area contributed by atoms with E-state index < -0.39 is 0 Å². The van der Waals surface area contributed by atoms with Crippen molar-refractivity contribution in [2.24, 2.45) is 11.7 Å². The molecule has 0 aromatic heterocycles. The summed E-state index contributed by atoms with van der Waals surface area (Å²) in [7, 11) is 1.42. The Morgan fingerprint density at radius 3 is 2.71 bits per heavy atom. The van der Waals surface area contributed by atoms with Gasteiger partial charge >= 0.3 is 5.97 Å². The SMILES string of the molecule is COC(=O)[C@@H]1CN(C(C)C)CCC1N. The van der Waals surface area contributed by atoms with Crippen LogP contribution in [-0.2, 0) is 9.53 Å². The Balaban J connectivity index is 2.59. The van der Waals surface area contributed by atoms with Crippen LogP contribution in [0.15, 0.2) is 0 Å². The minimum absolute atomic E-state index is 0.0440. The monoisotopic (exact) mass is 200 g/mol. The van der Waals surface area contributed by atoms with E-state index in [2.05, 4.69) is 18.7 Å². The third kappa shape index (κ3) is 2.45. The lowest BCUT2D eigenvalue weighted by atomic mass is 9.92. The van der Waals surface area contributed by atoms with E-state index in [1.54, 1.807) is 0 Å². The Labute approximate surface area is 85.4 Å². The van der Waals surface area contributed by atoms with Gasteiger partial charge in [-0.1, -0.05) is 0 Å². The summed E-state index contributed by atoms with van der Waals surface area (Å²) < 4.78 is 4.74. The molecule has 4 nitrogen and oxygen atoms in total. The molecule has 0 aromatic carbocycles. The first kappa shape index (κ1) is 11.5. The van der Waals surface area contributed by atoms with Gasteiger partial charge in [0.2, 0.25) is 0 Å². The first-order chi connectivity index (χ1) is 6.56. The second kappa shape index (κ2) is 4.75. The summed E-state index contributed by atoms with van der Waals surface area (Å²) in [5.74, 6) is -0.334. The molecular weight excluding hydrogens is 180 g/mol. The summed E-state index contributed by atoms with van der Waals surface area (Å²) in [4.78, 5) is 13.7. The number of carbonyl (C=O) groups excluding carboxylic acids is 1. The molecule has 1 aliphatic rings. The molecule has 1 aliphatic heterocycles. The van der Waals surface area contributed by atoms with Crippen LogP contribution in [0.4, 0.5) is 0 Å². The maximum absolute atomic E-state index is 11.4. The van der Waals surface area contributed by atoms with Gasteiger partial charge in [0.25, 0.3) is 0 Å². The van der Waals surface area contributed by atoms with E-state index >= 15 is 0 Å². The van der Waals surface area contributed by atoms with Crippen LogP contribution in [0.1, 0.15) is 20.3 Å². The van der Waals surface area contributed by atoms with Gasteiger partial charge < -0.3 is 10.5 Å². The standard InChI is InChI=1S/C10H20N2O2/c1-7(2)12-5-4-9(11)8(6-12)10(13)14-3/h7-9H,4-6,11H2,1-3H3/t8-,9?/m1/s1. The molecule has 1 unspecified atom stereocenters. The van der Waals surface area contributed by atoms with Crippen molar-refractivity contribution in [2.75, 3.05) is 20.2 Å². The Hall–Kier alpha value is -0.610. The minimum atomic E-state index is -0.178. The van der Waals surface area contributed by atoms with E-state index in [0.717, 1.165) is 19.5 Å². The normalized spacial score (nSPS) is 29.2. The molecule has 0 saturated carbocycles. The Morgan fingerprint density at radius 2 is 2.21 bits per heavy atom. The summed E-state index contributed by atoms with van der Waals surface area (Å²) in [6.45, 7) is 5.97. The molecule has 0 radical (unpaired) electrons. The topological polar surface area (TPSA) is 55.6 Å².